The Balaban J connectivity index is 0.976. The van der Waals surface area contributed by atoms with E-state index in [9.17, 15) is 0 Å². The number of hydrogen-bond acceptors (Lipinski definition) is 4. The lowest BCUT2D eigenvalue weighted by Crippen LogP contribution is -2.42. The fourth-order valence-corrected chi connectivity index (χ4v) is 16.6. The van der Waals surface area contributed by atoms with Gasteiger partial charge in [0.1, 0.15) is 11.2 Å². The first-order valence-electron chi connectivity index (χ1n) is 29.9. The van der Waals surface area contributed by atoms with Gasteiger partial charge in [-0.15, -0.1) is 0 Å². The highest BCUT2D eigenvalue weighted by molar-refractivity contribution is 6.22. The van der Waals surface area contributed by atoms with E-state index in [2.05, 4.69) is 290 Å². The molecule has 0 radical (unpaired) electrons. The normalized spacial score (nSPS) is 19.0. The summed E-state index contributed by atoms with van der Waals surface area (Å²) in [6.45, 7) is 39.2. The molecule has 9 aromatic carbocycles. The number of furan rings is 2. The number of nitrogens with zero attached hydrogens (tertiary/aromatic N) is 2. The van der Waals surface area contributed by atoms with Crippen molar-refractivity contribution in [2.45, 2.75) is 143 Å². The van der Waals surface area contributed by atoms with Crippen LogP contribution in [0.1, 0.15) is 155 Å². The number of fused-ring (bicyclic) bond motifs is 17. The summed E-state index contributed by atoms with van der Waals surface area (Å²) in [4.78, 5) is 4.96. The predicted octanol–water partition coefficient (Wildman–Crippen LogP) is 22.2. The maximum absolute atomic E-state index is 7.29. The zero-order chi connectivity index (χ0) is 57.4. The third-order valence-electron chi connectivity index (χ3n) is 23.6. The van der Waals surface area contributed by atoms with Crippen LogP contribution < -0.4 is 9.80 Å². The van der Waals surface area contributed by atoms with Crippen LogP contribution in [0.2, 0.25) is 0 Å². The third kappa shape index (κ3) is 6.08. The maximum atomic E-state index is 7.29. The van der Waals surface area contributed by atoms with E-state index in [0.717, 1.165) is 67.2 Å². The second-order valence-corrected chi connectivity index (χ2v) is 29.0. The van der Waals surface area contributed by atoms with Crippen LogP contribution in [0.25, 0.3) is 66.1 Å². The zero-order valence-electron chi connectivity index (χ0n) is 50.9. The Hall–Kier alpha value is -7.82. The molecule has 410 valence electrons. The Morgan fingerprint density at radius 2 is 0.646 bits per heavy atom. The largest absolute Gasteiger partial charge is 0.454 e. The summed E-state index contributed by atoms with van der Waals surface area (Å²) >= 11 is 0. The van der Waals surface area contributed by atoms with Crippen LogP contribution in [0.4, 0.5) is 34.1 Å². The van der Waals surface area contributed by atoms with E-state index in [-0.39, 0.29) is 32.5 Å². The van der Waals surface area contributed by atoms with Crippen LogP contribution in [-0.2, 0) is 32.5 Å². The van der Waals surface area contributed by atoms with Gasteiger partial charge in [-0.3, -0.25) is 0 Å². The van der Waals surface area contributed by atoms with Crippen molar-refractivity contribution in [3.8, 4) is 22.3 Å². The molecule has 0 amide bonds. The van der Waals surface area contributed by atoms with Gasteiger partial charge in [0, 0.05) is 55.1 Å². The molecule has 0 saturated heterocycles. The topological polar surface area (TPSA) is 32.8 Å². The molecule has 4 aliphatic rings. The van der Waals surface area contributed by atoms with Crippen molar-refractivity contribution in [2.75, 3.05) is 9.80 Å². The molecule has 15 rings (SSSR count). The Kier molecular flexibility index (Phi) is 9.99. The minimum Gasteiger partial charge on any atom is -0.454 e. The number of para-hydroxylation sites is 4. The first kappa shape index (κ1) is 51.1. The molecular formula is C78H76N2O2. The first-order chi connectivity index (χ1) is 38.8. The van der Waals surface area contributed by atoms with Gasteiger partial charge in [-0.05, 0) is 172 Å². The van der Waals surface area contributed by atoms with Crippen LogP contribution in [-0.4, -0.2) is 0 Å². The van der Waals surface area contributed by atoms with Crippen molar-refractivity contribution in [1.82, 2.24) is 0 Å². The van der Waals surface area contributed by atoms with Crippen LogP contribution in [0.3, 0.4) is 0 Å². The molecule has 11 aromatic rings. The van der Waals surface area contributed by atoms with Crippen molar-refractivity contribution in [3.05, 3.63) is 214 Å². The average Bonchev–Trinajstić information content (AvgIpc) is 1.69. The molecule has 82 heavy (non-hydrogen) atoms. The zero-order valence-corrected chi connectivity index (χ0v) is 50.9. The summed E-state index contributed by atoms with van der Waals surface area (Å²) in [5.41, 5.74) is 25.3. The third-order valence-corrected chi connectivity index (χ3v) is 23.6. The molecule has 0 spiro atoms. The highest BCUT2D eigenvalue weighted by atomic mass is 16.3. The highest BCUT2D eigenvalue weighted by Gasteiger charge is 2.58. The van der Waals surface area contributed by atoms with Gasteiger partial charge in [0.2, 0.25) is 0 Å². The number of benzene rings is 9. The fourth-order valence-electron chi connectivity index (χ4n) is 16.6. The molecular weight excluding hydrogens is 997 g/mol. The van der Waals surface area contributed by atoms with Crippen molar-refractivity contribution >= 4 is 78.0 Å². The fraction of sp³-hybridized carbons (Fsp3) is 0.308. The number of hydrogen-bond donors (Lipinski definition) is 0. The summed E-state index contributed by atoms with van der Waals surface area (Å²) < 4.78 is 14.6. The quantitative estimate of drug-likeness (QED) is 0.166. The average molecular weight is 1070 g/mol. The van der Waals surface area contributed by atoms with Crippen molar-refractivity contribution in [1.29, 1.82) is 0 Å². The van der Waals surface area contributed by atoms with Gasteiger partial charge in [0.25, 0.3) is 0 Å². The van der Waals surface area contributed by atoms with Gasteiger partial charge in [-0.25, -0.2) is 0 Å². The summed E-state index contributed by atoms with van der Waals surface area (Å²) in [5, 5.41) is 4.60. The summed E-state index contributed by atoms with van der Waals surface area (Å²) in [6.07, 6.45) is 0. The van der Waals surface area contributed by atoms with Crippen LogP contribution >= 0.6 is 0 Å². The molecule has 4 heteroatoms. The van der Waals surface area contributed by atoms with Gasteiger partial charge in [0.05, 0.1) is 11.4 Å². The molecule has 0 unspecified atom stereocenters. The second-order valence-electron chi connectivity index (χ2n) is 29.0. The van der Waals surface area contributed by atoms with E-state index >= 15 is 0 Å². The maximum Gasteiger partial charge on any atom is 0.160 e. The summed E-state index contributed by atoms with van der Waals surface area (Å²) in [7, 11) is 0. The lowest BCUT2D eigenvalue weighted by Gasteiger charge is -2.44. The molecule has 0 bridgehead atoms. The first-order valence-corrected chi connectivity index (χ1v) is 29.9. The van der Waals surface area contributed by atoms with Crippen molar-refractivity contribution < 1.29 is 8.83 Å². The monoisotopic (exact) mass is 1070 g/mol. The smallest absolute Gasteiger partial charge is 0.160 e. The number of rotatable bonds is 6. The van der Waals surface area contributed by atoms with E-state index in [0.29, 0.717) is 0 Å². The van der Waals surface area contributed by atoms with Gasteiger partial charge < -0.3 is 18.6 Å². The highest BCUT2D eigenvalue weighted by Crippen LogP contribution is 2.67. The van der Waals surface area contributed by atoms with Gasteiger partial charge in [-0.1, -0.05) is 208 Å². The minimum absolute atomic E-state index is 0.0149. The molecule has 0 aliphatic heterocycles. The SMILES string of the molecule is CC1(C)c2cc(N(c3ccccc3)c3ccc4c(c3)C(C)(C)C(C)(C)C4(C)C)c3oc4ccccc4c3c2-c2ccc3c(c21)C(C)(C)c1cc(N(c2ccccc2)c2ccc4c(c2)C(C)(C)C(C)(C)C4(C)C)c2oc4ccccc4c2c1-3. The molecule has 0 atom stereocenters. The van der Waals surface area contributed by atoms with Crippen molar-refractivity contribution in [3.63, 3.8) is 0 Å². The Morgan fingerprint density at radius 1 is 0.305 bits per heavy atom. The Labute approximate surface area is 484 Å². The molecule has 0 N–H and O–H groups in total. The lowest BCUT2D eigenvalue weighted by atomic mass is 9.59. The van der Waals surface area contributed by atoms with E-state index in [4.69, 9.17) is 8.83 Å². The number of anilines is 6. The molecule has 2 heterocycles. The Bertz CT molecular complexity index is 4280. The van der Waals surface area contributed by atoms with E-state index in [1.807, 2.05) is 0 Å². The molecule has 4 nitrogen and oxygen atoms in total. The van der Waals surface area contributed by atoms with Crippen LogP contribution in [0.15, 0.2) is 179 Å². The van der Waals surface area contributed by atoms with Gasteiger partial charge in [-0.2, -0.15) is 0 Å². The van der Waals surface area contributed by atoms with Crippen LogP contribution in [0, 0.1) is 10.8 Å². The molecule has 0 saturated carbocycles. The summed E-state index contributed by atoms with van der Waals surface area (Å²) in [6, 6.07) is 63.7. The summed E-state index contributed by atoms with van der Waals surface area (Å²) in [5.74, 6) is 0. The standard InChI is InChI=1S/C78H76N2O2/c1-71(2)57-43-59(79(45-27-19-17-20-28-45)47-35-39-53-55(41-47)75(9,10)77(13,14)73(53,5)6)69-65(49-31-23-25-33-61(49)81-69)63(57)51-37-38-52-64-58(72(3,4)68(52)67(51)71)44-60(70-66(64)50-32-24-26-34-62(50)82-70)80(46-29-21-18-22-30-46)48-36-40-54-56(42-48)76(11,12)78(15,16)74(54,7)8/h17-44H,1-16H3. The van der Waals surface area contributed by atoms with Gasteiger partial charge >= 0.3 is 0 Å². The van der Waals surface area contributed by atoms with Gasteiger partial charge in [0.15, 0.2) is 11.2 Å². The predicted molar refractivity (Wildman–Crippen MR) is 345 cm³/mol. The molecule has 0 fully saturated rings. The molecule has 2 aromatic heterocycles. The van der Waals surface area contributed by atoms with E-state index < -0.39 is 10.8 Å². The lowest BCUT2D eigenvalue weighted by molar-refractivity contribution is 0.125. The second kappa shape index (κ2) is 16.0. The van der Waals surface area contributed by atoms with E-state index in [1.165, 1.54) is 77.5 Å². The molecule has 4 aliphatic carbocycles. The minimum atomic E-state index is -0.428. The van der Waals surface area contributed by atoms with Crippen molar-refractivity contribution in [2.24, 2.45) is 10.8 Å². The van der Waals surface area contributed by atoms with E-state index in [1.54, 1.807) is 0 Å². The van der Waals surface area contributed by atoms with Crippen LogP contribution in [0.5, 0.6) is 0 Å². The Morgan fingerprint density at radius 3 is 1.02 bits per heavy atom.